The smallest absolute Gasteiger partial charge is 0.237 e. The number of carbonyl (C=O) groups is 1. The maximum absolute atomic E-state index is 12.2. The van der Waals surface area contributed by atoms with E-state index < -0.39 is 6.10 Å². The summed E-state index contributed by atoms with van der Waals surface area (Å²) in [7, 11) is 1.65. The minimum atomic E-state index is -0.577. The second-order valence-electron chi connectivity index (χ2n) is 5.91. The lowest BCUT2D eigenvalue weighted by atomic mass is 9.93. The van der Waals surface area contributed by atoms with E-state index in [1.165, 1.54) is 11.1 Å². The molecule has 0 aliphatic carbocycles. The summed E-state index contributed by atoms with van der Waals surface area (Å²) in [5.74, 6) is -0.00853. The number of amides is 1. The van der Waals surface area contributed by atoms with Gasteiger partial charge in [0.05, 0.1) is 18.7 Å². The Hall–Kier alpha value is -2.18. The summed E-state index contributed by atoms with van der Waals surface area (Å²) in [5.41, 5.74) is 2.43. The SMILES string of the molecule is CNC(=O)[C@@H]1Cc2ccccc2CN1C[C@@H](O)Cn1cccn1. The number of aliphatic hydroxyl groups is 1. The van der Waals surface area contributed by atoms with Gasteiger partial charge in [-0.15, -0.1) is 0 Å². The summed E-state index contributed by atoms with van der Waals surface area (Å²) in [4.78, 5) is 14.3. The zero-order chi connectivity index (χ0) is 16.2. The second kappa shape index (κ2) is 6.93. The molecule has 1 aromatic carbocycles. The molecule has 0 spiro atoms. The molecule has 2 aromatic rings. The molecule has 0 saturated carbocycles. The van der Waals surface area contributed by atoms with Gasteiger partial charge in [0.15, 0.2) is 0 Å². The van der Waals surface area contributed by atoms with E-state index in [9.17, 15) is 9.90 Å². The average Bonchev–Trinajstić information content (AvgIpc) is 3.06. The second-order valence-corrected chi connectivity index (χ2v) is 5.91. The van der Waals surface area contributed by atoms with Gasteiger partial charge in [-0.25, -0.2) is 0 Å². The molecule has 0 bridgehead atoms. The maximum atomic E-state index is 12.2. The molecule has 0 saturated heterocycles. The number of β-amino-alcohol motifs (C(OH)–C–C–N with tert-alkyl or cyclic N) is 1. The van der Waals surface area contributed by atoms with Crippen LogP contribution in [0.2, 0.25) is 0 Å². The molecule has 2 atom stereocenters. The Kier molecular flexibility index (Phi) is 4.73. The van der Waals surface area contributed by atoms with Crippen LogP contribution >= 0.6 is 0 Å². The Morgan fingerprint density at radius 2 is 2.13 bits per heavy atom. The Morgan fingerprint density at radius 3 is 2.83 bits per heavy atom. The Balaban J connectivity index is 1.73. The first-order chi connectivity index (χ1) is 11.2. The van der Waals surface area contributed by atoms with E-state index in [0.29, 0.717) is 26.1 Å². The van der Waals surface area contributed by atoms with Crippen molar-refractivity contribution in [3.63, 3.8) is 0 Å². The summed E-state index contributed by atoms with van der Waals surface area (Å²) in [5, 5.41) is 17.2. The van der Waals surface area contributed by atoms with E-state index >= 15 is 0 Å². The van der Waals surface area contributed by atoms with Crippen LogP contribution in [0.1, 0.15) is 11.1 Å². The molecule has 2 heterocycles. The molecule has 0 fully saturated rings. The molecular weight excluding hydrogens is 292 g/mol. The lowest BCUT2D eigenvalue weighted by Gasteiger charge is -2.36. The molecule has 2 N–H and O–H groups in total. The van der Waals surface area contributed by atoms with Crippen LogP contribution in [0.5, 0.6) is 0 Å². The summed E-state index contributed by atoms with van der Waals surface area (Å²) in [6.45, 7) is 1.53. The van der Waals surface area contributed by atoms with Crippen LogP contribution < -0.4 is 5.32 Å². The molecular formula is C17H22N4O2. The van der Waals surface area contributed by atoms with Gasteiger partial charge < -0.3 is 10.4 Å². The first-order valence-corrected chi connectivity index (χ1v) is 7.85. The minimum absolute atomic E-state index is 0.00853. The van der Waals surface area contributed by atoms with E-state index in [4.69, 9.17) is 0 Å². The monoisotopic (exact) mass is 314 g/mol. The Bertz CT molecular complexity index is 656. The fourth-order valence-corrected chi connectivity index (χ4v) is 3.15. The fraction of sp³-hybridized carbons (Fsp3) is 0.412. The number of benzene rings is 1. The van der Waals surface area contributed by atoms with Gasteiger partial charge in [0.1, 0.15) is 0 Å². The van der Waals surface area contributed by atoms with E-state index in [1.54, 1.807) is 17.9 Å². The molecule has 1 amide bonds. The molecule has 6 nitrogen and oxygen atoms in total. The number of hydrogen-bond donors (Lipinski definition) is 2. The molecule has 122 valence electrons. The Morgan fingerprint density at radius 1 is 1.35 bits per heavy atom. The summed E-state index contributed by atoms with van der Waals surface area (Å²) < 4.78 is 1.71. The van der Waals surface area contributed by atoms with Crippen molar-refractivity contribution >= 4 is 5.91 Å². The quantitative estimate of drug-likeness (QED) is 0.839. The number of aliphatic hydroxyl groups excluding tert-OH is 1. The number of fused-ring (bicyclic) bond motifs is 1. The number of nitrogens with zero attached hydrogens (tertiary/aromatic N) is 3. The van der Waals surface area contributed by atoms with Crippen LogP contribution in [0.15, 0.2) is 42.7 Å². The predicted octanol–water partition coefficient (Wildman–Crippen LogP) is 0.417. The van der Waals surface area contributed by atoms with Crippen molar-refractivity contribution in [2.45, 2.75) is 31.7 Å². The van der Waals surface area contributed by atoms with Crippen molar-refractivity contribution in [1.29, 1.82) is 0 Å². The largest absolute Gasteiger partial charge is 0.390 e. The number of aromatic nitrogens is 2. The van der Waals surface area contributed by atoms with Crippen molar-refractivity contribution in [3.8, 4) is 0 Å². The minimum Gasteiger partial charge on any atom is -0.390 e. The predicted molar refractivity (Wildman–Crippen MR) is 86.6 cm³/mol. The van der Waals surface area contributed by atoms with Gasteiger partial charge in [-0.3, -0.25) is 14.4 Å². The molecule has 1 aromatic heterocycles. The van der Waals surface area contributed by atoms with Gasteiger partial charge in [-0.05, 0) is 23.6 Å². The molecule has 0 unspecified atom stereocenters. The topological polar surface area (TPSA) is 70.4 Å². The van der Waals surface area contributed by atoms with Crippen molar-refractivity contribution in [1.82, 2.24) is 20.0 Å². The van der Waals surface area contributed by atoms with Gasteiger partial charge in [0.2, 0.25) is 5.91 Å². The van der Waals surface area contributed by atoms with Crippen LogP contribution in [0.4, 0.5) is 0 Å². The summed E-state index contributed by atoms with van der Waals surface area (Å²) in [6.07, 6.45) is 3.61. The fourth-order valence-electron chi connectivity index (χ4n) is 3.15. The summed E-state index contributed by atoms with van der Waals surface area (Å²) in [6, 6.07) is 9.75. The zero-order valence-electron chi connectivity index (χ0n) is 13.2. The lowest BCUT2D eigenvalue weighted by Crippen LogP contribution is -2.52. The van der Waals surface area contributed by atoms with Crippen LogP contribution in [0.3, 0.4) is 0 Å². The summed E-state index contributed by atoms with van der Waals surface area (Å²) >= 11 is 0. The van der Waals surface area contributed by atoms with Gasteiger partial charge in [-0.2, -0.15) is 5.10 Å². The molecule has 6 heteroatoms. The van der Waals surface area contributed by atoms with Crippen LogP contribution in [-0.2, 0) is 24.3 Å². The van der Waals surface area contributed by atoms with Crippen LogP contribution in [0.25, 0.3) is 0 Å². The van der Waals surface area contributed by atoms with Crippen molar-refractivity contribution in [2.24, 2.45) is 0 Å². The highest BCUT2D eigenvalue weighted by Crippen LogP contribution is 2.23. The van der Waals surface area contributed by atoms with Crippen molar-refractivity contribution in [2.75, 3.05) is 13.6 Å². The maximum Gasteiger partial charge on any atom is 0.237 e. The van der Waals surface area contributed by atoms with E-state index in [1.807, 2.05) is 24.4 Å². The van der Waals surface area contributed by atoms with E-state index in [2.05, 4.69) is 27.4 Å². The molecule has 1 aliphatic rings. The number of rotatable bonds is 5. The van der Waals surface area contributed by atoms with Gasteiger partial charge in [0, 0.05) is 32.5 Å². The van der Waals surface area contributed by atoms with Crippen molar-refractivity contribution < 1.29 is 9.90 Å². The molecule has 3 rings (SSSR count). The van der Waals surface area contributed by atoms with Gasteiger partial charge in [-0.1, -0.05) is 24.3 Å². The molecule has 23 heavy (non-hydrogen) atoms. The third kappa shape index (κ3) is 3.60. The zero-order valence-corrected chi connectivity index (χ0v) is 13.2. The number of carbonyl (C=O) groups excluding carboxylic acids is 1. The molecule has 1 aliphatic heterocycles. The number of hydrogen-bond acceptors (Lipinski definition) is 4. The standard InChI is InChI=1S/C17H22N4O2/c1-18-17(23)16-9-13-5-2-3-6-14(13)10-20(16)11-15(22)12-21-8-4-7-19-21/h2-8,15-16,22H,9-12H2,1H3,(H,18,23)/t15-,16+/m1/s1. The van der Waals surface area contributed by atoms with E-state index in [0.717, 1.165) is 0 Å². The molecule has 0 radical (unpaired) electrons. The number of nitrogens with one attached hydrogen (secondary N) is 1. The first-order valence-electron chi connectivity index (χ1n) is 7.85. The average molecular weight is 314 g/mol. The first kappa shape index (κ1) is 15.7. The highest BCUT2D eigenvalue weighted by atomic mass is 16.3. The number of likely N-dealkylation sites (N-methyl/N-ethyl adjacent to an activating group) is 1. The highest BCUT2D eigenvalue weighted by molar-refractivity contribution is 5.82. The lowest BCUT2D eigenvalue weighted by molar-refractivity contribution is -0.127. The third-order valence-electron chi connectivity index (χ3n) is 4.30. The van der Waals surface area contributed by atoms with Crippen LogP contribution in [-0.4, -0.2) is 51.4 Å². The van der Waals surface area contributed by atoms with E-state index in [-0.39, 0.29) is 11.9 Å². The third-order valence-corrected chi connectivity index (χ3v) is 4.30. The van der Waals surface area contributed by atoms with Crippen LogP contribution in [0, 0.1) is 0 Å². The van der Waals surface area contributed by atoms with Gasteiger partial charge in [0.25, 0.3) is 0 Å². The normalized spacial score (nSPS) is 19.1. The van der Waals surface area contributed by atoms with Gasteiger partial charge >= 0.3 is 0 Å². The highest BCUT2D eigenvalue weighted by Gasteiger charge is 2.31. The van der Waals surface area contributed by atoms with Crippen molar-refractivity contribution in [3.05, 3.63) is 53.9 Å². The Labute approximate surface area is 135 Å².